The number of fused-ring (bicyclic) bond motifs is 1. The van der Waals surface area contributed by atoms with Gasteiger partial charge in [0.25, 0.3) is 5.69 Å². The largest absolute Gasteiger partial charge is 0.422 e. The lowest BCUT2D eigenvalue weighted by atomic mass is 10.1. The van der Waals surface area contributed by atoms with Gasteiger partial charge in [0.05, 0.1) is 33.6 Å². The molecule has 3 heterocycles. The molecule has 9 nitrogen and oxygen atoms in total. The number of nitro benzene ring substituents is 1. The average molecular weight is 546 g/mol. The Bertz CT molecular complexity index is 1740. The number of thiazole rings is 1. The number of nitriles is 1. The van der Waals surface area contributed by atoms with E-state index in [1.807, 2.05) is 6.07 Å². The molecule has 0 radical (unpaired) electrons. The molecular weight excluding hydrogens is 534 g/mol. The number of hydrogen-bond acceptors (Lipinski definition) is 8. The van der Waals surface area contributed by atoms with Crippen molar-refractivity contribution in [2.45, 2.75) is 0 Å². The summed E-state index contributed by atoms with van der Waals surface area (Å²) in [4.78, 5) is 27.7. The van der Waals surface area contributed by atoms with Crippen molar-refractivity contribution in [2.24, 2.45) is 0 Å². The molecule has 5 rings (SSSR count). The molecule has 0 bridgehead atoms. The van der Waals surface area contributed by atoms with Crippen molar-refractivity contribution in [3.8, 4) is 28.6 Å². The first kappa shape index (κ1) is 22.4. The second-order valence-corrected chi connectivity index (χ2v) is 9.12. The zero-order valence-corrected chi connectivity index (χ0v) is 20.0. The maximum Gasteiger partial charge on any atom is 0.345 e. The summed E-state index contributed by atoms with van der Waals surface area (Å²) in [6.45, 7) is 0. The normalized spacial score (nSPS) is 11.5. The van der Waals surface area contributed by atoms with Crippen molar-refractivity contribution in [3.05, 3.63) is 95.7 Å². The van der Waals surface area contributed by atoms with Gasteiger partial charge in [-0.2, -0.15) is 10.4 Å². The monoisotopic (exact) mass is 545 g/mol. The zero-order chi connectivity index (χ0) is 24.5. The van der Waals surface area contributed by atoms with Gasteiger partial charge in [0, 0.05) is 38.5 Å². The summed E-state index contributed by atoms with van der Waals surface area (Å²) in [5.74, 6) is 0. The van der Waals surface area contributed by atoms with Crippen LogP contribution in [0.3, 0.4) is 0 Å². The lowest BCUT2D eigenvalue weighted by molar-refractivity contribution is -0.384. The minimum atomic E-state index is -0.526. The highest BCUT2D eigenvalue weighted by Crippen LogP contribution is 2.31. The maximum atomic E-state index is 12.5. The fourth-order valence-electron chi connectivity index (χ4n) is 3.50. The first-order valence-corrected chi connectivity index (χ1v) is 11.7. The predicted molar refractivity (Wildman–Crippen MR) is 135 cm³/mol. The van der Waals surface area contributed by atoms with E-state index in [0.717, 1.165) is 9.86 Å². The molecule has 1 N–H and O–H groups in total. The Balaban J connectivity index is 1.53. The first-order valence-electron chi connectivity index (χ1n) is 10.0. The lowest BCUT2D eigenvalue weighted by Crippen LogP contribution is -2.02. The second kappa shape index (κ2) is 9.09. The number of rotatable bonds is 5. The quantitative estimate of drug-likeness (QED) is 0.123. The van der Waals surface area contributed by atoms with Crippen LogP contribution in [0.1, 0.15) is 10.6 Å². The summed E-state index contributed by atoms with van der Waals surface area (Å²) in [5, 5.41) is 30.6. The van der Waals surface area contributed by atoms with E-state index in [4.69, 9.17) is 4.42 Å². The molecule has 0 atom stereocenters. The van der Waals surface area contributed by atoms with Crippen molar-refractivity contribution >= 4 is 55.6 Å². The van der Waals surface area contributed by atoms with Gasteiger partial charge in [-0.05, 0) is 30.3 Å². The van der Waals surface area contributed by atoms with Crippen LogP contribution in [0.25, 0.3) is 45.1 Å². The number of H-pyrrole nitrogens is 1. The molecule has 5 aromatic rings. The molecule has 0 spiro atoms. The number of non-ortho nitro benzene ring substituents is 1. The van der Waals surface area contributed by atoms with Crippen molar-refractivity contribution in [1.82, 2.24) is 15.2 Å². The predicted octanol–water partition coefficient (Wildman–Crippen LogP) is 6.04. The summed E-state index contributed by atoms with van der Waals surface area (Å²) in [6.07, 6.45) is 3.12. The van der Waals surface area contributed by atoms with E-state index in [1.54, 1.807) is 41.8 Å². The van der Waals surface area contributed by atoms with Crippen molar-refractivity contribution in [2.75, 3.05) is 0 Å². The summed E-state index contributed by atoms with van der Waals surface area (Å²) >= 11 is 4.62. The summed E-state index contributed by atoms with van der Waals surface area (Å²) in [7, 11) is 0. The van der Waals surface area contributed by atoms with Crippen molar-refractivity contribution in [3.63, 3.8) is 0 Å². The highest BCUT2D eigenvalue weighted by Gasteiger charge is 2.16. The minimum Gasteiger partial charge on any atom is -0.422 e. The van der Waals surface area contributed by atoms with E-state index in [9.17, 15) is 20.2 Å². The van der Waals surface area contributed by atoms with Crippen LogP contribution in [0.2, 0.25) is 0 Å². The molecule has 2 aromatic carbocycles. The van der Waals surface area contributed by atoms with Gasteiger partial charge in [0.2, 0.25) is 0 Å². The van der Waals surface area contributed by atoms with E-state index >= 15 is 0 Å². The van der Waals surface area contributed by atoms with Gasteiger partial charge in [0.1, 0.15) is 16.7 Å². The number of nitro groups is 1. The highest BCUT2D eigenvalue weighted by molar-refractivity contribution is 9.10. The van der Waals surface area contributed by atoms with Gasteiger partial charge < -0.3 is 4.42 Å². The molecule has 0 aliphatic carbocycles. The van der Waals surface area contributed by atoms with E-state index in [2.05, 4.69) is 37.2 Å². The van der Waals surface area contributed by atoms with Gasteiger partial charge in [-0.3, -0.25) is 15.2 Å². The summed E-state index contributed by atoms with van der Waals surface area (Å²) in [6, 6.07) is 15.3. The highest BCUT2D eigenvalue weighted by atomic mass is 79.9. The van der Waals surface area contributed by atoms with Gasteiger partial charge in [-0.1, -0.05) is 28.1 Å². The molecular formula is C24H12BrN5O4S. The number of halogens is 1. The van der Waals surface area contributed by atoms with E-state index in [-0.39, 0.29) is 16.8 Å². The number of benzene rings is 2. The number of allylic oxidation sites excluding steroid dienone is 1. The molecule has 0 unspecified atom stereocenters. The number of hydrogen-bond donors (Lipinski definition) is 1. The Morgan fingerprint density at radius 1 is 1.26 bits per heavy atom. The van der Waals surface area contributed by atoms with Crippen LogP contribution in [-0.4, -0.2) is 20.1 Å². The van der Waals surface area contributed by atoms with E-state index in [1.165, 1.54) is 29.7 Å². The van der Waals surface area contributed by atoms with Gasteiger partial charge in [-0.25, -0.2) is 9.78 Å². The Labute approximate surface area is 209 Å². The minimum absolute atomic E-state index is 0.0571. The fraction of sp³-hybridized carbons (Fsp3) is 0. The number of nitrogens with one attached hydrogen (secondary N) is 1. The fourth-order valence-corrected chi connectivity index (χ4v) is 4.67. The third-order valence-corrected chi connectivity index (χ3v) is 6.51. The van der Waals surface area contributed by atoms with Crippen molar-refractivity contribution in [1.29, 1.82) is 5.26 Å². The van der Waals surface area contributed by atoms with Crippen LogP contribution >= 0.6 is 27.3 Å². The Morgan fingerprint density at radius 2 is 2.11 bits per heavy atom. The average Bonchev–Trinajstić information content (AvgIpc) is 3.52. The van der Waals surface area contributed by atoms with Crippen LogP contribution in [0, 0.1) is 21.4 Å². The smallest absolute Gasteiger partial charge is 0.345 e. The van der Waals surface area contributed by atoms with E-state index < -0.39 is 10.5 Å². The molecule has 0 aliphatic heterocycles. The van der Waals surface area contributed by atoms with Crippen LogP contribution in [0.15, 0.2) is 73.8 Å². The molecule has 0 saturated heterocycles. The van der Waals surface area contributed by atoms with Crippen LogP contribution in [-0.2, 0) is 0 Å². The molecule has 0 fully saturated rings. The second-order valence-electron chi connectivity index (χ2n) is 7.35. The van der Waals surface area contributed by atoms with Crippen LogP contribution in [0.5, 0.6) is 0 Å². The van der Waals surface area contributed by atoms with Crippen LogP contribution in [0.4, 0.5) is 5.69 Å². The number of aromatic nitrogens is 3. The molecule has 35 heavy (non-hydrogen) atoms. The van der Waals surface area contributed by atoms with Gasteiger partial charge in [-0.15, -0.1) is 11.3 Å². The summed E-state index contributed by atoms with van der Waals surface area (Å²) in [5.41, 5.74) is 2.46. The topological polar surface area (TPSA) is 139 Å². The molecule has 0 aliphatic rings. The molecule has 11 heteroatoms. The van der Waals surface area contributed by atoms with Crippen molar-refractivity contribution < 1.29 is 9.34 Å². The van der Waals surface area contributed by atoms with Gasteiger partial charge >= 0.3 is 5.63 Å². The first-order chi connectivity index (χ1) is 16.9. The third kappa shape index (κ3) is 4.40. The lowest BCUT2D eigenvalue weighted by Gasteiger charge is -2.01. The molecule has 3 aromatic heterocycles. The SMILES string of the molecule is N#C/C(=C\c1cn[nH]c1-c1cccc([N+](=O)[O-])c1)c1nc(-c2cc3cc(Br)ccc3oc2=O)cs1. The number of aromatic amines is 1. The van der Waals surface area contributed by atoms with Gasteiger partial charge in [0.15, 0.2) is 0 Å². The molecule has 170 valence electrons. The Hall–Kier alpha value is -4.40. The molecule has 0 saturated carbocycles. The standard InChI is InChI=1S/C24H12BrN5O4S/c25-17-4-5-21-14(7-17)9-19(24(31)34-21)20-12-35-23(28-20)15(10-26)6-16-11-27-29-22(16)13-2-1-3-18(8-13)30(32)33/h1-9,11-12H,(H,27,29)/b15-6+. The summed E-state index contributed by atoms with van der Waals surface area (Å²) < 4.78 is 6.27. The maximum absolute atomic E-state index is 12.5. The van der Waals surface area contributed by atoms with E-state index in [0.29, 0.717) is 33.1 Å². The number of nitrogens with zero attached hydrogens (tertiary/aromatic N) is 4. The zero-order valence-electron chi connectivity index (χ0n) is 17.6. The third-order valence-electron chi connectivity index (χ3n) is 5.14. The molecule has 0 amide bonds. The Kier molecular flexibility index (Phi) is 5.82. The Morgan fingerprint density at radius 3 is 2.91 bits per heavy atom. The van der Waals surface area contributed by atoms with Crippen LogP contribution < -0.4 is 5.63 Å².